The number of hydrogen-bond acceptors (Lipinski definition) is 2. The SMILES string of the molecule is CC(C)(C)c1nnc(-c2ccccc2)n1-c1ccccc1. The van der Waals surface area contributed by atoms with Crippen LogP contribution in [0.25, 0.3) is 17.1 Å². The third kappa shape index (κ3) is 2.59. The van der Waals surface area contributed by atoms with Gasteiger partial charge in [-0.3, -0.25) is 4.57 Å². The minimum atomic E-state index is -0.0735. The summed E-state index contributed by atoms with van der Waals surface area (Å²) in [7, 11) is 0. The molecule has 0 aliphatic carbocycles. The minimum absolute atomic E-state index is 0.0735. The average Bonchev–Trinajstić information content (AvgIpc) is 2.94. The molecule has 0 amide bonds. The topological polar surface area (TPSA) is 30.7 Å². The Labute approximate surface area is 125 Å². The Morgan fingerprint density at radius 1 is 0.762 bits per heavy atom. The molecule has 0 saturated heterocycles. The summed E-state index contributed by atoms with van der Waals surface area (Å²) in [6, 6.07) is 20.5. The number of aromatic nitrogens is 3. The van der Waals surface area contributed by atoms with E-state index in [9.17, 15) is 0 Å². The maximum absolute atomic E-state index is 4.45. The first kappa shape index (κ1) is 13.6. The second-order valence-corrected chi connectivity index (χ2v) is 6.13. The second kappa shape index (κ2) is 5.17. The number of hydrogen-bond donors (Lipinski definition) is 0. The molecule has 0 spiro atoms. The normalized spacial score (nSPS) is 11.6. The van der Waals surface area contributed by atoms with E-state index < -0.39 is 0 Å². The molecule has 0 aliphatic rings. The van der Waals surface area contributed by atoms with E-state index in [0.717, 1.165) is 22.9 Å². The number of benzene rings is 2. The highest BCUT2D eigenvalue weighted by molar-refractivity contribution is 5.58. The monoisotopic (exact) mass is 277 g/mol. The molecule has 0 aliphatic heterocycles. The zero-order chi connectivity index (χ0) is 14.9. The fraction of sp³-hybridized carbons (Fsp3) is 0.222. The van der Waals surface area contributed by atoms with Crippen LogP contribution in [0.1, 0.15) is 26.6 Å². The van der Waals surface area contributed by atoms with E-state index in [0.29, 0.717) is 0 Å². The van der Waals surface area contributed by atoms with Crippen molar-refractivity contribution in [1.82, 2.24) is 14.8 Å². The molecule has 0 bridgehead atoms. The van der Waals surface area contributed by atoms with Gasteiger partial charge in [0.2, 0.25) is 0 Å². The molecule has 0 atom stereocenters. The van der Waals surface area contributed by atoms with Crippen LogP contribution in [0.5, 0.6) is 0 Å². The van der Waals surface area contributed by atoms with Crippen LogP contribution in [-0.2, 0) is 5.41 Å². The van der Waals surface area contributed by atoms with Crippen molar-refractivity contribution < 1.29 is 0 Å². The van der Waals surface area contributed by atoms with Crippen molar-refractivity contribution in [3.63, 3.8) is 0 Å². The van der Waals surface area contributed by atoms with Gasteiger partial charge in [0.25, 0.3) is 0 Å². The molecule has 1 heterocycles. The minimum Gasteiger partial charge on any atom is -0.279 e. The van der Waals surface area contributed by atoms with Gasteiger partial charge in [0.15, 0.2) is 5.82 Å². The predicted molar refractivity (Wildman–Crippen MR) is 85.5 cm³/mol. The van der Waals surface area contributed by atoms with Crippen molar-refractivity contribution in [2.24, 2.45) is 0 Å². The highest BCUT2D eigenvalue weighted by Gasteiger charge is 2.25. The van der Waals surface area contributed by atoms with E-state index >= 15 is 0 Å². The summed E-state index contributed by atoms with van der Waals surface area (Å²) in [6.07, 6.45) is 0. The number of para-hydroxylation sites is 1. The average molecular weight is 277 g/mol. The van der Waals surface area contributed by atoms with Crippen LogP contribution in [0.15, 0.2) is 60.7 Å². The van der Waals surface area contributed by atoms with Crippen molar-refractivity contribution >= 4 is 0 Å². The van der Waals surface area contributed by atoms with Crippen molar-refractivity contribution in [2.75, 3.05) is 0 Å². The van der Waals surface area contributed by atoms with Crippen LogP contribution in [0.4, 0.5) is 0 Å². The van der Waals surface area contributed by atoms with Gasteiger partial charge in [0, 0.05) is 16.7 Å². The lowest BCUT2D eigenvalue weighted by Crippen LogP contribution is -2.18. The predicted octanol–water partition coefficient (Wildman–Crippen LogP) is 4.23. The molecule has 3 nitrogen and oxygen atoms in total. The molecule has 3 aromatic rings. The first-order valence-electron chi connectivity index (χ1n) is 7.14. The quantitative estimate of drug-likeness (QED) is 0.701. The third-order valence-electron chi connectivity index (χ3n) is 3.38. The highest BCUT2D eigenvalue weighted by Crippen LogP contribution is 2.29. The van der Waals surface area contributed by atoms with Crippen molar-refractivity contribution in [3.8, 4) is 17.1 Å². The van der Waals surface area contributed by atoms with Gasteiger partial charge in [-0.25, -0.2) is 0 Å². The molecular weight excluding hydrogens is 258 g/mol. The molecule has 2 aromatic carbocycles. The summed E-state index contributed by atoms with van der Waals surface area (Å²) in [6.45, 7) is 6.47. The lowest BCUT2D eigenvalue weighted by Gasteiger charge is -2.20. The highest BCUT2D eigenvalue weighted by atomic mass is 15.3. The zero-order valence-electron chi connectivity index (χ0n) is 12.6. The van der Waals surface area contributed by atoms with Crippen LogP contribution < -0.4 is 0 Å². The second-order valence-electron chi connectivity index (χ2n) is 6.13. The van der Waals surface area contributed by atoms with Gasteiger partial charge in [-0.15, -0.1) is 10.2 Å². The molecule has 0 unspecified atom stereocenters. The standard InChI is InChI=1S/C18H19N3/c1-18(2,3)17-20-19-16(14-10-6-4-7-11-14)21(17)15-12-8-5-9-13-15/h4-13H,1-3H3. The molecule has 3 rings (SSSR count). The summed E-state index contributed by atoms with van der Waals surface area (Å²) in [5, 5.41) is 8.90. The summed E-state index contributed by atoms with van der Waals surface area (Å²) < 4.78 is 2.15. The molecule has 0 radical (unpaired) electrons. The Hall–Kier alpha value is -2.42. The summed E-state index contributed by atoms with van der Waals surface area (Å²) in [4.78, 5) is 0. The first-order chi connectivity index (χ1) is 10.1. The van der Waals surface area contributed by atoms with Gasteiger partial charge in [-0.05, 0) is 12.1 Å². The number of nitrogens with zero attached hydrogens (tertiary/aromatic N) is 3. The first-order valence-corrected chi connectivity index (χ1v) is 7.14. The van der Waals surface area contributed by atoms with E-state index in [1.165, 1.54) is 0 Å². The Morgan fingerprint density at radius 2 is 1.33 bits per heavy atom. The van der Waals surface area contributed by atoms with Crippen molar-refractivity contribution in [2.45, 2.75) is 26.2 Å². The fourth-order valence-corrected chi connectivity index (χ4v) is 2.37. The summed E-state index contributed by atoms with van der Waals surface area (Å²) >= 11 is 0. The smallest absolute Gasteiger partial charge is 0.168 e. The molecular formula is C18H19N3. The maximum Gasteiger partial charge on any atom is 0.168 e. The maximum atomic E-state index is 4.45. The van der Waals surface area contributed by atoms with Crippen LogP contribution in [-0.4, -0.2) is 14.8 Å². The Morgan fingerprint density at radius 3 is 1.90 bits per heavy atom. The van der Waals surface area contributed by atoms with Crippen LogP contribution in [0.3, 0.4) is 0 Å². The van der Waals surface area contributed by atoms with E-state index in [-0.39, 0.29) is 5.41 Å². The lowest BCUT2D eigenvalue weighted by atomic mass is 9.95. The van der Waals surface area contributed by atoms with Gasteiger partial charge in [-0.1, -0.05) is 69.3 Å². The Kier molecular flexibility index (Phi) is 3.34. The number of rotatable bonds is 2. The Balaban J connectivity index is 2.26. The zero-order valence-corrected chi connectivity index (χ0v) is 12.6. The molecule has 3 heteroatoms. The third-order valence-corrected chi connectivity index (χ3v) is 3.38. The molecule has 0 saturated carbocycles. The van der Waals surface area contributed by atoms with Gasteiger partial charge in [-0.2, -0.15) is 0 Å². The van der Waals surface area contributed by atoms with Gasteiger partial charge < -0.3 is 0 Å². The summed E-state index contributed by atoms with van der Waals surface area (Å²) in [5.41, 5.74) is 2.09. The van der Waals surface area contributed by atoms with E-state index in [2.05, 4.69) is 59.8 Å². The van der Waals surface area contributed by atoms with Gasteiger partial charge in [0.1, 0.15) is 5.82 Å². The van der Waals surface area contributed by atoms with E-state index in [1.807, 2.05) is 36.4 Å². The fourth-order valence-electron chi connectivity index (χ4n) is 2.37. The summed E-state index contributed by atoms with van der Waals surface area (Å²) in [5.74, 6) is 1.85. The molecule has 0 N–H and O–H groups in total. The Bertz CT molecular complexity index is 722. The molecule has 21 heavy (non-hydrogen) atoms. The van der Waals surface area contributed by atoms with Crippen molar-refractivity contribution in [3.05, 3.63) is 66.5 Å². The van der Waals surface area contributed by atoms with E-state index in [4.69, 9.17) is 0 Å². The molecule has 1 aromatic heterocycles. The molecule has 106 valence electrons. The van der Waals surface area contributed by atoms with Crippen molar-refractivity contribution in [1.29, 1.82) is 0 Å². The van der Waals surface area contributed by atoms with Gasteiger partial charge in [0.05, 0.1) is 0 Å². The largest absolute Gasteiger partial charge is 0.279 e. The van der Waals surface area contributed by atoms with Crippen LogP contribution in [0, 0.1) is 0 Å². The van der Waals surface area contributed by atoms with Crippen LogP contribution >= 0.6 is 0 Å². The van der Waals surface area contributed by atoms with Gasteiger partial charge >= 0.3 is 0 Å². The van der Waals surface area contributed by atoms with Crippen LogP contribution in [0.2, 0.25) is 0 Å². The lowest BCUT2D eigenvalue weighted by molar-refractivity contribution is 0.533. The van der Waals surface area contributed by atoms with E-state index in [1.54, 1.807) is 0 Å². The molecule has 0 fully saturated rings.